The van der Waals surface area contributed by atoms with Gasteiger partial charge in [-0.3, -0.25) is 4.79 Å². The van der Waals surface area contributed by atoms with Gasteiger partial charge in [-0.15, -0.1) is 0 Å². The van der Waals surface area contributed by atoms with E-state index in [-0.39, 0.29) is 6.61 Å². The number of hydrogen-bond donors (Lipinski definition) is 0. The highest BCUT2D eigenvalue weighted by atomic mass is 16.5. The molecule has 0 bridgehead atoms. The Balaban J connectivity index is 2.81. The predicted molar refractivity (Wildman–Crippen MR) is 61.5 cm³/mol. The van der Waals surface area contributed by atoms with Crippen LogP contribution in [-0.4, -0.2) is 18.4 Å². The quantitative estimate of drug-likeness (QED) is 0.445. The Morgan fingerprint density at radius 3 is 2.19 bits per heavy atom. The lowest BCUT2D eigenvalue weighted by Crippen LogP contribution is -2.17. The summed E-state index contributed by atoms with van der Waals surface area (Å²) in [6, 6.07) is 7.04. The highest BCUT2D eigenvalue weighted by molar-refractivity contribution is 6.40. The summed E-state index contributed by atoms with van der Waals surface area (Å²) in [6.45, 7) is 6.03. The molecule has 1 aromatic carbocycles. The molecule has 16 heavy (non-hydrogen) atoms. The fraction of sp³-hybridized carbons (Fsp3) is 0.385. The SMILES string of the molecule is CCOC(=O)C(=O)c1ccc(C(C)C)cc1. The number of rotatable bonds is 4. The molecule has 0 atom stereocenters. The monoisotopic (exact) mass is 220 g/mol. The Hall–Kier alpha value is -1.64. The van der Waals surface area contributed by atoms with Gasteiger partial charge in [0.25, 0.3) is 5.78 Å². The summed E-state index contributed by atoms with van der Waals surface area (Å²) in [5.41, 5.74) is 1.52. The van der Waals surface area contributed by atoms with E-state index in [1.54, 1.807) is 19.1 Å². The molecule has 0 spiro atoms. The molecule has 0 saturated carbocycles. The third-order valence-corrected chi connectivity index (χ3v) is 2.30. The number of ether oxygens (including phenoxy) is 1. The molecule has 0 fully saturated rings. The number of hydrogen-bond acceptors (Lipinski definition) is 3. The van der Waals surface area contributed by atoms with E-state index in [2.05, 4.69) is 18.6 Å². The van der Waals surface area contributed by atoms with Crippen LogP contribution in [0.25, 0.3) is 0 Å². The molecule has 3 nitrogen and oxygen atoms in total. The van der Waals surface area contributed by atoms with Crippen molar-refractivity contribution in [2.24, 2.45) is 0 Å². The summed E-state index contributed by atoms with van der Waals surface area (Å²) in [4.78, 5) is 22.7. The molecule has 0 heterocycles. The van der Waals surface area contributed by atoms with Crippen molar-refractivity contribution in [3.8, 4) is 0 Å². The molecule has 0 aliphatic rings. The van der Waals surface area contributed by atoms with E-state index in [4.69, 9.17) is 0 Å². The van der Waals surface area contributed by atoms with Crippen LogP contribution in [0.4, 0.5) is 0 Å². The summed E-state index contributed by atoms with van der Waals surface area (Å²) >= 11 is 0. The van der Waals surface area contributed by atoms with Crippen molar-refractivity contribution in [2.45, 2.75) is 26.7 Å². The van der Waals surface area contributed by atoms with E-state index >= 15 is 0 Å². The van der Waals surface area contributed by atoms with Gasteiger partial charge in [0.2, 0.25) is 0 Å². The third kappa shape index (κ3) is 2.92. The normalized spacial score (nSPS) is 10.2. The first kappa shape index (κ1) is 12.4. The standard InChI is InChI=1S/C13H16O3/c1-4-16-13(15)12(14)11-7-5-10(6-8-11)9(2)3/h5-9H,4H2,1-3H3. The molecule has 1 aromatic rings. The van der Waals surface area contributed by atoms with Crippen molar-refractivity contribution in [1.29, 1.82) is 0 Å². The molecule has 1 rings (SSSR count). The van der Waals surface area contributed by atoms with Gasteiger partial charge in [-0.2, -0.15) is 0 Å². The van der Waals surface area contributed by atoms with Crippen molar-refractivity contribution < 1.29 is 14.3 Å². The van der Waals surface area contributed by atoms with Gasteiger partial charge in [-0.05, 0) is 18.4 Å². The zero-order valence-electron chi connectivity index (χ0n) is 9.82. The molecule has 0 radical (unpaired) electrons. The lowest BCUT2D eigenvalue weighted by atomic mass is 10.0. The van der Waals surface area contributed by atoms with Crippen LogP contribution in [0.15, 0.2) is 24.3 Å². The van der Waals surface area contributed by atoms with E-state index in [0.717, 1.165) is 5.56 Å². The maximum absolute atomic E-state index is 11.5. The van der Waals surface area contributed by atoms with Gasteiger partial charge in [0.1, 0.15) is 0 Å². The average molecular weight is 220 g/mol. The van der Waals surface area contributed by atoms with Gasteiger partial charge in [0.15, 0.2) is 0 Å². The van der Waals surface area contributed by atoms with E-state index < -0.39 is 11.8 Å². The summed E-state index contributed by atoms with van der Waals surface area (Å²) in [5, 5.41) is 0. The highest BCUT2D eigenvalue weighted by Gasteiger charge is 2.17. The first-order chi connectivity index (χ1) is 7.56. The molecule has 0 saturated heterocycles. The smallest absolute Gasteiger partial charge is 0.379 e. The Morgan fingerprint density at radius 1 is 1.19 bits per heavy atom. The number of Topliss-reactive ketones (excluding diaryl/α,β-unsaturated/α-hetero) is 1. The van der Waals surface area contributed by atoms with Gasteiger partial charge in [0, 0.05) is 5.56 Å². The first-order valence-corrected chi connectivity index (χ1v) is 5.37. The van der Waals surface area contributed by atoms with Gasteiger partial charge in [0.05, 0.1) is 6.61 Å². The fourth-order valence-corrected chi connectivity index (χ4v) is 1.33. The molecule has 0 unspecified atom stereocenters. The van der Waals surface area contributed by atoms with E-state index in [1.807, 2.05) is 12.1 Å². The second-order valence-corrected chi connectivity index (χ2v) is 3.83. The number of carbonyl (C=O) groups is 2. The van der Waals surface area contributed by atoms with Gasteiger partial charge in [-0.25, -0.2) is 4.79 Å². The van der Waals surface area contributed by atoms with Crippen LogP contribution >= 0.6 is 0 Å². The topological polar surface area (TPSA) is 43.4 Å². The average Bonchev–Trinajstić information content (AvgIpc) is 2.28. The number of benzene rings is 1. The van der Waals surface area contributed by atoms with Gasteiger partial charge >= 0.3 is 5.97 Å². The van der Waals surface area contributed by atoms with Crippen LogP contribution in [0.3, 0.4) is 0 Å². The van der Waals surface area contributed by atoms with E-state index in [9.17, 15) is 9.59 Å². The lowest BCUT2D eigenvalue weighted by Gasteiger charge is -2.05. The molecule has 0 amide bonds. The molecular formula is C13H16O3. The highest BCUT2D eigenvalue weighted by Crippen LogP contribution is 2.15. The molecule has 0 aromatic heterocycles. The number of carbonyl (C=O) groups excluding carboxylic acids is 2. The summed E-state index contributed by atoms with van der Waals surface area (Å²) in [5.74, 6) is -0.969. The minimum Gasteiger partial charge on any atom is -0.460 e. The largest absolute Gasteiger partial charge is 0.460 e. The second-order valence-electron chi connectivity index (χ2n) is 3.83. The molecule has 0 N–H and O–H groups in total. The van der Waals surface area contributed by atoms with Crippen LogP contribution in [0, 0.1) is 0 Å². The lowest BCUT2D eigenvalue weighted by molar-refractivity contribution is -0.137. The van der Waals surface area contributed by atoms with Crippen LogP contribution in [-0.2, 0) is 9.53 Å². The summed E-state index contributed by atoms with van der Waals surface area (Å²) in [6.07, 6.45) is 0. The van der Waals surface area contributed by atoms with Crippen molar-refractivity contribution in [3.63, 3.8) is 0 Å². The number of ketones is 1. The van der Waals surface area contributed by atoms with Crippen molar-refractivity contribution >= 4 is 11.8 Å². The fourth-order valence-electron chi connectivity index (χ4n) is 1.33. The van der Waals surface area contributed by atoms with Crippen LogP contribution < -0.4 is 0 Å². The maximum Gasteiger partial charge on any atom is 0.379 e. The first-order valence-electron chi connectivity index (χ1n) is 5.37. The van der Waals surface area contributed by atoms with Crippen molar-refractivity contribution in [2.75, 3.05) is 6.61 Å². The van der Waals surface area contributed by atoms with Gasteiger partial charge in [-0.1, -0.05) is 38.1 Å². The summed E-state index contributed by atoms with van der Waals surface area (Å²) in [7, 11) is 0. The van der Waals surface area contributed by atoms with Gasteiger partial charge < -0.3 is 4.74 Å². The molecular weight excluding hydrogens is 204 g/mol. The molecule has 0 aliphatic heterocycles. The predicted octanol–water partition coefficient (Wildman–Crippen LogP) is 2.56. The molecule has 0 aliphatic carbocycles. The van der Waals surface area contributed by atoms with Crippen LogP contribution in [0.5, 0.6) is 0 Å². The zero-order chi connectivity index (χ0) is 12.1. The van der Waals surface area contributed by atoms with Crippen molar-refractivity contribution in [1.82, 2.24) is 0 Å². The Kier molecular flexibility index (Phi) is 4.23. The van der Waals surface area contributed by atoms with Crippen molar-refractivity contribution in [3.05, 3.63) is 35.4 Å². The second kappa shape index (κ2) is 5.45. The van der Waals surface area contributed by atoms with E-state index in [0.29, 0.717) is 11.5 Å². The molecule has 3 heteroatoms. The zero-order valence-corrected chi connectivity index (χ0v) is 9.82. The Labute approximate surface area is 95.4 Å². The van der Waals surface area contributed by atoms with E-state index in [1.165, 1.54) is 0 Å². The third-order valence-electron chi connectivity index (χ3n) is 2.30. The van der Waals surface area contributed by atoms with Crippen LogP contribution in [0.1, 0.15) is 42.6 Å². The summed E-state index contributed by atoms with van der Waals surface area (Å²) < 4.78 is 4.65. The Morgan fingerprint density at radius 2 is 1.75 bits per heavy atom. The minimum absolute atomic E-state index is 0.217. The number of esters is 1. The minimum atomic E-state index is -0.792. The maximum atomic E-state index is 11.5. The van der Waals surface area contributed by atoms with Crippen LogP contribution in [0.2, 0.25) is 0 Å². The Bertz CT molecular complexity index is 377. The molecule has 86 valence electrons.